The molecular weight excluding hydrogens is 385 g/mol. The fourth-order valence-electron chi connectivity index (χ4n) is 2.65. The highest BCUT2D eigenvalue weighted by Crippen LogP contribution is 2.22. The van der Waals surface area contributed by atoms with Crippen molar-refractivity contribution in [2.75, 3.05) is 13.1 Å². The quantitative estimate of drug-likeness (QED) is 0.775. The normalized spacial score (nSPS) is 18.7. The number of halogens is 2. The molecule has 1 N–H and O–H groups in total. The predicted octanol–water partition coefficient (Wildman–Crippen LogP) is 2.94. The number of nitrogens with one attached hydrogen (secondary N) is 1. The number of rotatable bonds is 4. The van der Waals surface area contributed by atoms with Crippen LogP contribution in [0, 0.1) is 5.82 Å². The summed E-state index contributed by atoms with van der Waals surface area (Å²) in [4.78, 5) is 17.0. The first-order chi connectivity index (χ1) is 12.0. The summed E-state index contributed by atoms with van der Waals surface area (Å²) in [5, 5.41) is -0.313. The minimum Gasteiger partial charge on any atom is -0.444 e. The van der Waals surface area contributed by atoms with Gasteiger partial charge in [-0.1, -0.05) is 11.6 Å². The molecular formula is C16H23ClFN3O4S. The third-order valence-electron chi connectivity index (χ3n) is 3.83. The molecule has 1 saturated heterocycles. The Balaban J connectivity index is 2.10. The first-order valence-corrected chi connectivity index (χ1v) is 10.2. The van der Waals surface area contributed by atoms with Crippen LogP contribution in [0.5, 0.6) is 0 Å². The van der Waals surface area contributed by atoms with Crippen molar-refractivity contribution in [3.63, 3.8) is 0 Å². The van der Waals surface area contributed by atoms with Crippen LogP contribution in [0.2, 0.25) is 5.15 Å². The minimum absolute atomic E-state index is 0.0194. The number of nitrogens with zero attached hydrogens (tertiary/aromatic N) is 2. The Bertz CT molecular complexity index is 767. The molecule has 1 aliphatic rings. The maximum atomic E-state index is 13.3. The van der Waals surface area contributed by atoms with Gasteiger partial charge in [0.05, 0.1) is 6.20 Å². The molecule has 0 aliphatic carbocycles. The van der Waals surface area contributed by atoms with Gasteiger partial charge in [0.2, 0.25) is 10.0 Å². The summed E-state index contributed by atoms with van der Waals surface area (Å²) >= 11 is 5.77. The van der Waals surface area contributed by atoms with Gasteiger partial charge in [-0.2, -0.15) is 0 Å². The largest absolute Gasteiger partial charge is 0.444 e. The summed E-state index contributed by atoms with van der Waals surface area (Å²) in [5.41, 5.74) is -0.640. The maximum Gasteiger partial charge on any atom is 0.410 e. The highest BCUT2D eigenvalue weighted by atomic mass is 35.5. The van der Waals surface area contributed by atoms with E-state index in [2.05, 4.69) is 9.71 Å². The second-order valence-electron chi connectivity index (χ2n) is 7.12. The molecule has 0 aromatic carbocycles. The summed E-state index contributed by atoms with van der Waals surface area (Å²) in [5.74, 6) is -0.803. The summed E-state index contributed by atoms with van der Waals surface area (Å²) < 4.78 is 45.9. The molecule has 10 heteroatoms. The zero-order valence-corrected chi connectivity index (χ0v) is 16.5. The Morgan fingerprint density at radius 1 is 1.46 bits per heavy atom. The molecule has 26 heavy (non-hydrogen) atoms. The predicted molar refractivity (Wildman–Crippen MR) is 95.0 cm³/mol. The number of ether oxygens (including phenoxy) is 1. The molecule has 0 spiro atoms. The maximum absolute atomic E-state index is 13.3. The molecule has 1 unspecified atom stereocenters. The van der Waals surface area contributed by atoms with Crippen molar-refractivity contribution < 1.29 is 22.3 Å². The molecule has 0 radical (unpaired) electrons. The smallest absolute Gasteiger partial charge is 0.410 e. The SMILES string of the molecule is CC(C)(C)OC(=O)N1CCCCC1CNS(=O)(=O)c1cc(F)cnc1Cl. The average molecular weight is 408 g/mol. The average Bonchev–Trinajstić information content (AvgIpc) is 2.54. The third-order valence-corrected chi connectivity index (χ3v) is 5.68. The number of pyridine rings is 1. The summed E-state index contributed by atoms with van der Waals surface area (Å²) in [7, 11) is -4.06. The third kappa shape index (κ3) is 5.52. The van der Waals surface area contributed by atoms with E-state index in [0.717, 1.165) is 25.1 Å². The lowest BCUT2D eigenvalue weighted by atomic mass is 10.0. The number of likely N-dealkylation sites (tertiary alicyclic amines) is 1. The van der Waals surface area contributed by atoms with Crippen molar-refractivity contribution in [1.82, 2.24) is 14.6 Å². The molecule has 1 aliphatic heterocycles. The van der Waals surface area contributed by atoms with Gasteiger partial charge in [-0.15, -0.1) is 0 Å². The zero-order chi connectivity index (χ0) is 19.5. The molecule has 1 aromatic rings. The van der Waals surface area contributed by atoms with E-state index in [0.29, 0.717) is 13.0 Å². The van der Waals surface area contributed by atoms with Crippen LogP contribution < -0.4 is 4.72 Å². The first-order valence-electron chi connectivity index (χ1n) is 8.30. The van der Waals surface area contributed by atoms with Gasteiger partial charge in [-0.05, 0) is 46.1 Å². The fraction of sp³-hybridized carbons (Fsp3) is 0.625. The number of aromatic nitrogens is 1. The second-order valence-corrected chi connectivity index (χ2v) is 9.21. The van der Waals surface area contributed by atoms with E-state index in [-0.39, 0.29) is 17.7 Å². The van der Waals surface area contributed by atoms with E-state index in [1.54, 1.807) is 20.8 Å². The lowest BCUT2D eigenvalue weighted by Gasteiger charge is -2.36. The van der Waals surface area contributed by atoms with E-state index < -0.39 is 32.4 Å². The molecule has 7 nitrogen and oxygen atoms in total. The van der Waals surface area contributed by atoms with Crippen LogP contribution in [0.3, 0.4) is 0 Å². The molecule has 0 bridgehead atoms. The van der Waals surface area contributed by atoms with Crippen LogP contribution in [-0.2, 0) is 14.8 Å². The molecule has 1 fully saturated rings. The number of piperidine rings is 1. The van der Waals surface area contributed by atoms with Crippen molar-refractivity contribution in [2.24, 2.45) is 0 Å². The Kier molecular flexibility index (Phi) is 6.46. The van der Waals surface area contributed by atoms with E-state index in [1.807, 2.05) is 0 Å². The first kappa shape index (κ1) is 20.9. The van der Waals surface area contributed by atoms with Gasteiger partial charge in [0, 0.05) is 19.1 Å². The zero-order valence-electron chi connectivity index (χ0n) is 15.0. The van der Waals surface area contributed by atoms with E-state index in [1.165, 1.54) is 4.90 Å². The molecule has 146 valence electrons. The number of carbonyl (C=O) groups is 1. The van der Waals surface area contributed by atoms with Crippen molar-refractivity contribution in [2.45, 2.75) is 56.6 Å². The standard InChI is InChI=1S/C16H23ClFN3O4S/c1-16(2,3)25-15(22)21-7-5-4-6-12(21)10-20-26(23,24)13-8-11(18)9-19-14(13)17/h8-9,12,20H,4-7,10H2,1-3H3. The van der Waals surface area contributed by atoms with Gasteiger partial charge in [0.25, 0.3) is 0 Å². The molecule has 1 amide bonds. The van der Waals surface area contributed by atoms with Crippen LogP contribution >= 0.6 is 11.6 Å². The summed E-state index contributed by atoms with van der Waals surface area (Å²) in [6.07, 6.45) is 2.69. The fourth-order valence-corrected chi connectivity index (χ4v) is 4.17. The lowest BCUT2D eigenvalue weighted by molar-refractivity contribution is 0.0105. The van der Waals surface area contributed by atoms with Crippen LogP contribution in [0.1, 0.15) is 40.0 Å². The van der Waals surface area contributed by atoms with E-state index in [9.17, 15) is 17.6 Å². The van der Waals surface area contributed by atoms with Crippen molar-refractivity contribution >= 4 is 27.7 Å². The highest BCUT2D eigenvalue weighted by Gasteiger charge is 2.31. The number of hydrogen-bond acceptors (Lipinski definition) is 5. The Labute approximate surface area is 157 Å². The molecule has 1 atom stereocenters. The van der Waals surface area contributed by atoms with Gasteiger partial charge >= 0.3 is 6.09 Å². The minimum atomic E-state index is -4.06. The van der Waals surface area contributed by atoms with Crippen molar-refractivity contribution in [1.29, 1.82) is 0 Å². The van der Waals surface area contributed by atoms with Crippen LogP contribution in [0.15, 0.2) is 17.2 Å². The molecule has 0 saturated carbocycles. The van der Waals surface area contributed by atoms with Crippen LogP contribution in [-0.4, -0.2) is 49.1 Å². The number of amides is 1. The number of hydrogen-bond donors (Lipinski definition) is 1. The van der Waals surface area contributed by atoms with Crippen molar-refractivity contribution in [3.8, 4) is 0 Å². The summed E-state index contributed by atoms with van der Waals surface area (Å²) in [6, 6.07) is 0.457. The topological polar surface area (TPSA) is 88.6 Å². The van der Waals surface area contributed by atoms with E-state index >= 15 is 0 Å². The Hall–Kier alpha value is -1.45. The van der Waals surface area contributed by atoms with Crippen LogP contribution in [0.4, 0.5) is 9.18 Å². The van der Waals surface area contributed by atoms with Gasteiger partial charge in [-0.3, -0.25) is 0 Å². The van der Waals surface area contributed by atoms with Crippen LogP contribution in [0.25, 0.3) is 0 Å². The number of sulfonamides is 1. The molecule has 2 heterocycles. The lowest BCUT2D eigenvalue weighted by Crippen LogP contribution is -2.50. The molecule has 2 rings (SSSR count). The van der Waals surface area contributed by atoms with Gasteiger partial charge < -0.3 is 9.64 Å². The molecule has 1 aromatic heterocycles. The van der Waals surface area contributed by atoms with Gasteiger partial charge in [0.15, 0.2) is 0 Å². The van der Waals surface area contributed by atoms with E-state index in [4.69, 9.17) is 16.3 Å². The monoisotopic (exact) mass is 407 g/mol. The van der Waals surface area contributed by atoms with Crippen molar-refractivity contribution in [3.05, 3.63) is 23.2 Å². The number of carbonyl (C=O) groups excluding carboxylic acids is 1. The van der Waals surface area contributed by atoms with Gasteiger partial charge in [-0.25, -0.2) is 27.3 Å². The van der Waals surface area contributed by atoms with Gasteiger partial charge in [0.1, 0.15) is 21.5 Å². The second kappa shape index (κ2) is 8.06. The summed E-state index contributed by atoms with van der Waals surface area (Å²) in [6.45, 7) is 5.78. The highest BCUT2D eigenvalue weighted by molar-refractivity contribution is 7.89. The Morgan fingerprint density at radius 3 is 2.81 bits per heavy atom. The Morgan fingerprint density at radius 2 is 2.15 bits per heavy atom.